The van der Waals surface area contributed by atoms with E-state index in [0.717, 1.165) is 31.7 Å². The van der Waals surface area contributed by atoms with Crippen molar-refractivity contribution in [2.45, 2.75) is 84.2 Å². The molecule has 1 amide bonds. The molecule has 29 heavy (non-hydrogen) atoms. The minimum Gasteiger partial charge on any atom is -0.348 e. The van der Waals surface area contributed by atoms with Gasteiger partial charge in [-0.15, -0.1) is 0 Å². The van der Waals surface area contributed by atoms with Gasteiger partial charge in [0.15, 0.2) is 5.69 Å². The lowest BCUT2D eigenvalue weighted by Crippen LogP contribution is -2.40. The molecule has 0 bridgehead atoms. The van der Waals surface area contributed by atoms with Gasteiger partial charge < -0.3 is 5.32 Å². The Morgan fingerprint density at radius 2 is 1.97 bits per heavy atom. The fraction of sp³-hybridized carbons (Fsp3) is 0.600. The van der Waals surface area contributed by atoms with Gasteiger partial charge in [0, 0.05) is 17.3 Å². The van der Waals surface area contributed by atoms with Crippen molar-refractivity contribution in [3.05, 3.63) is 52.8 Å². The molecule has 0 aliphatic heterocycles. The fourth-order valence-corrected chi connectivity index (χ4v) is 5.29. The maximum absolute atomic E-state index is 13.2. The van der Waals surface area contributed by atoms with Crippen molar-refractivity contribution in [3.63, 3.8) is 0 Å². The topological polar surface area (TPSA) is 46.9 Å². The van der Waals surface area contributed by atoms with Crippen molar-refractivity contribution >= 4 is 5.91 Å². The molecule has 0 saturated heterocycles. The second kappa shape index (κ2) is 9.15. The predicted octanol–water partition coefficient (Wildman–Crippen LogP) is 5.14. The molecule has 4 heteroatoms. The summed E-state index contributed by atoms with van der Waals surface area (Å²) in [6.45, 7) is 5.22. The van der Waals surface area contributed by atoms with Gasteiger partial charge >= 0.3 is 0 Å². The summed E-state index contributed by atoms with van der Waals surface area (Å²) in [6, 6.07) is 10.6. The van der Waals surface area contributed by atoms with Crippen LogP contribution in [0.25, 0.3) is 0 Å². The monoisotopic (exact) mass is 393 g/mol. The van der Waals surface area contributed by atoms with Crippen LogP contribution in [-0.2, 0) is 19.4 Å². The zero-order valence-electron chi connectivity index (χ0n) is 18.0. The van der Waals surface area contributed by atoms with Gasteiger partial charge in [-0.3, -0.25) is 9.48 Å². The highest BCUT2D eigenvalue weighted by Gasteiger charge is 2.29. The average molecular weight is 394 g/mol. The minimum atomic E-state index is 0.0288. The number of nitrogens with one attached hydrogen (secondary N) is 1. The second-order valence-electron chi connectivity index (χ2n) is 9.09. The number of carbonyl (C=O) groups excluding carboxylic acids is 1. The van der Waals surface area contributed by atoms with Gasteiger partial charge in [0.05, 0.1) is 6.54 Å². The Hall–Kier alpha value is -2.10. The molecule has 1 fully saturated rings. The van der Waals surface area contributed by atoms with Crippen LogP contribution in [0, 0.1) is 11.8 Å². The van der Waals surface area contributed by atoms with Crippen molar-refractivity contribution in [2.24, 2.45) is 11.8 Å². The summed E-state index contributed by atoms with van der Waals surface area (Å²) in [5.74, 6) is 1.45. The van der Waals surface area contributed by atoms with Crippen molar-refractivity contribution in [1.82, 2.24) is 15.1 Å². The number of hydrogen-bond donors (Lipinski definition) is 1. The highest BCUT2D eigenvalue weighted by atomic mass is 16.2. The average Bonchev–Trinajstić information content (AvgIpc) is 3.13. The van der Waals surface area contributed by atoms with Crippen molar-refractivity contribution in [1.29, 1.82) is 0 Å². The molecule has 1 N–H and O–H groups in total. The van der Waals surface area contributed by atoms with E-state index >= 15 is 0 Å². The summed E-state index contributed by atoms with van der Waals surface area (Å²) >= 11 is 0. The Labute approximate surface area is 175 Å². The van der Waals surface area contributed by atoms with Crippen LogP contribution >= 0.6 is 0 Å². The lowest BCUT2D eigenvalue weighted by Gasteiger charge is -2.32. The van der Waals surface area contributed by atoms with Crippen molar-refractivity contribution < 1.29 is 4.79 Å². The maximum atomic E-state index is 13.2. The Morgan fingerprint density at radius 3 is 2.76 bits per heavy atom. The summed E-state index contributed by atoms with van der Waals surface area (Å²) in [5, 5.41) is 8.14. The van der Waals surface area contributed by atoms with Crippen LogP contribution in [0.5, 0.6) is 0 Å². The third kappa shape index (κ3) is 4.57. The van der Waals surface area contributed by atoms with Gasteiger partial charge in [0.25, 0.3) is 5.91 Å². The van der Waals surface area contributed by atoms with Gasteiger partial charge in [0.2, 0.25) is 0 Å². The smallest absolute Gasteiger partial charge is 0.272 e. The molecule has 3 unspecified atom stereocenters. The summed E-state index contributed by atoms with van der Waals surface area (Å²) in [6.07, 6.45) is 10.7. The predicted molar refractivity (Wildman–Crippen MR) is 117 cm³/mol. The minimum absolute atomic E-state index is 0.0288. The summed E-state index contributed by atoms with van der Waals surface area (Å²) < 4.78 is 2.08. The molecular weight excluding hydrogens is 358 g/mol. The molecule has 1 heterocycles. The number of carbonyl (C=O) groups is 1. The molecule has 2 aliphatic rings. The van der Waals surface area contributed by atoms with E-state index in [4.69, 9.17) is 5.10 Å². The Bertz CT molecular complexity index is 826. The molecule has 1 saturated carbocycles. The van der Waals surface area contributed by atoms with E-state index in [0.29, 0.717) is 11.6 Å². The van der Waals surface area contributed by atoms with Gasteiger partial charge in [-0.25, -0.2) is 0 Å². The summed E-state index contributed by atoms with van der Waals surface area (Å²) in [5.41, 5.74) is 4.36. The van der Waals surface area contributed by atoms with Crippen LogP contribution in [0.3, 0.4) is 0 Å². The first-order chi connectivity index (χ1) is 14.2. The van der Waals surface area contributed by atoms with Crippen molar-refractivity contribution in [2.75, 3.05) is 0 Å². The number of fused-ring (bicyclic) bond motifs is 1. The number of aromatic nitrogens is 2. The molecule has 1 aromatic heterocycles. The molecule has 4 rings (SSSR count). The zero-order valence-corrected chi connectivity index (χ0v) is 18.0. The van der Waals surface area contributed by atoms with Crippen molar-refractivity contribution in [3.8, 4) is 0 Å². The summed E-state index contributed by atoms with van der Waals surface area (Å²) in [7, 11) is 0. The number of benzene rings is 1. The molecule has 2 aliphatic carbocycles. The second-order valence-corrected chi connectivity index (χ2v) is 9.09. The van der Waals surface area contributed by atoms with E-state index in [9.17, 15) is 4.79 Å². The molecule has 0 spiro atoms. The quantitative estimate of drug-likeness (QED) is 0.738. The maximum Gasteiger partial charge on any atom is 0.272 e. The van der Waals surface area contributed by atoms with E-state index < -0.39 is 0 Å². The van der Waals surface area contributed by atoms with E-state index in [1.165, 1.54) is 55.3 Å². The van der Waals surface area contributed by atoms with E-state index in [-0.39, 0.29) is 11.9 Å². The lowest BCUT2D eigenvalue weighted by atomic mass is 9.77. The van der Waals surface area contributed by atoms with Gasteiger partial charge in [-0.05, 0) is 62.8 Å². The van der Waals surface area contributed by atoms with E-state index in [1.54, 1.807) is 0 Å². The van der Waals surface area contributed by atoms with Crippen LogP contribution < -0.4 is 5.32 Å². The van der Waals surface area contributed by atoms with Crippen LogP contribution in [0.4, 0.5) is 0 Å². The Kier molecular flexibility index (Phi) is 6.37. The first-order valence-electron chi connectivity index (χ1n) is 11.6. The molecule has 1 aromatic carbocycles. The normalized spacial score (nSPS) is 22.7. The molecule has 0 radical (unpaired) electrons. The number of hydrogen-bond acceptors (Lipinski definition) is 2. The molecule has 4 nitrogen and oxygen atoms in total. The largest absolute Gasteiger partial charge is 0.348 e. The van der Waals surface area contributed by atoms with Gasteiger partial charge in [-0.2, -0.15) is 5.10 Å². The molecule has 3 atom stereocenters. The summed E-state index contributed by atoms with van der Waals surface area (Å²) in [4.78, 5) is 13.2. The first kappa shape index (κ1) is 20.2. The SMILES string of the molecule is CCC1CCCC(C(C)NC(=O)c2nn(Cc3ccccc3)c3c2CCCC3)C1. The zero-order chi connectivity index (χ0) is 20.2. The highest BCUT2D eigenvalue weighted by molar-refractivity contribution is 5.94. The third-order valence-electron chi connectivity index (χ3n) is 7.11. The van der Waals surface area contributed by atoms with Crippen LogP contribution in [0.2, 0.25) is 0 Å². The first-order valence-corrected chi connectivity index (χ1v) is 11.6. The highest BCUT2D eigenvalue weighted by Crippen LogP contribution is 2.33. The van der Waals surface area contributed by atoms with Crippen LogP contribution in [0.1, 0.15) is 86.1 Å². The Morgan fingerprint density at radius 1 is 1.17 bits per heavy atom. The molecule has 156 valence electrons. The van der Waals surface area contributed by atoms with E-state index in [1.807, 2.05) is 6.07 Å². The standard InChI is InChI=1S/C25H35N3O/c1-3-19-12-9-13-21(16-19)18(2)26-25(29)24-22-14-7-8-15-23(22)28(27-24)17-20-10-5-4-6-11-20/h4-6,10-11,18-19,21H,3,7-9,12-17H2,1-2H3,(H,26,29). The lowest BCUT2D eigenvalue weighted by molar-refractivity contribution is 0.0904. The number of amides is 1. The molecular formula is C25H35N3O. The van der Waals surface area contributed by atoms with Gasteiger partial charge in [0.1, 0.15) is 0 Å². The van der Waals surface area contributed by atoms with Crippen LogP contribution in [-0.4, -0.2) is 21.7 Å². The molecule has 2 aromatic rings. The third-order valence-corrected chi connectivity index (χ3v) is 7.11. The number of rotatable bonds is 6. The Balaban J connectivity index is 1.50. The van der Waals surface area contributed by atoms with E-state index in [2.05, 4.69) is 48.1 Å². The number of nitrogens with zero attached hydrogens (tertiary/aromatic N) is 2. The van der Waals surface area contributed by atoms with Gasteiger partial charge in [-0.1, -0.05) is 56.5 Å². The van der Waals surface area contributed by atoms with Crippen LogP contribution in [0.15, 0.2) is 30.3 Å². The fourth-order valence-electron chi connectivity index (χ4n) is 5.29.